The van der Waals surface area contributed by atoms with Gasteiger partial charge in [-0.1, -0.05) is 26.7 Å². The van der Waals surface area contributed by atoms with Crippen molar-refractivity contribution in [2.24, 2.45) is 0 Å². The van der Waals surface area contributed by atoms with Crippen molar-refractivity contribution in [3.05, 3.63) is 0 Å². The average Bonchev–Trinajstić information content (AvgIpc) is 2.29. The van der Waals surface area contributed by atoms with Crippen molar-refractivity contribution in [1.82, 2.24) is 10.2 Å². The van der Waals surface area contributed by atoms with E-state index in [0.29, 0.717) is 6.61 Å². The van der Waals surface area contributed by atoms with Crippen LogP contribution in [0.2, 0.25) is 0 Å². The van der Waals surface area contributed by atoms with Gasteiger partial charge in [0.25, 0.3) is 0 Å². The molecule has 0 aliphatic carbocycles. The average molecular weight is 258 g/mol. The summed E-state index contributed by atoms with van der Waals surface area (Å²) in [6.07, 6.45) is 3.64. The van der Waals surface area contributed by atoms with E-state index in [2.05, 4.69) is 24.1 Å². The van der Waals surface area contributed by atoms with Crippen molar-refractivity contribution < 1.29 is 9.53 Å². The number of likely N-dealkylation sites (N-methyl/N-ethyl adjacent to an activating group) is 1. The Balaban J connectivity index is 4.67. The van der Waals surface area contributed by atoms with E-state index < -0.39 is 5.54 Å². The number of esters is 1. The fourth-order valence-electron chi connectivity index (χ4n) is 2.22. The molecule has 4 heteroatoms. The maximum Gasteiger partial charge on any atom is 0.326 e. The second kappa shape index (κ2) is 9.34. The van der Waals surface area contributed by atoms with Gasteiger partial charge in [-0.2, -0.15) is 0 Å². The summed E-state index contributed by atoms with van der Waals surface area (Å²) in [5, 5.41) is 3.43. The van der Waals surface area contributed by atoms with Gasteiger partial charge in [0.1, 0.15) is 5.54 Å². The number of carbonyl (C=O) groups excluding carboxylic acids is 1. The van der Waals surface area contributed by atoms with Gasteiger partial charge in [0.15, 0.2) is 0 Å². The lowest BCUT2D eigenvalue weighted by atomic mass is 9.88. The van der Waals surface area contributed by atoms with Crippen molar-refractivity contribution >= 4 is 5.97 Å². The lowest BCUT2D eigenvalue weighted by Crippen LogP contribution is -2.54. The number of rotatable bonds is 10. The summed E-state index contributed by atoms with van der Waals surface area (Å²) in [7, 11) is 4.07. The molecule has 108 valence electrons. The Kier molecular flexibility index (Phi) is 9.02. The topological polar surface area (TPSA) is 41.6 Å². The van der Waals surface area contributed by atoms with Crippen molar-refractivity contribution in [3.63, 3.8) is 0 Å². The van der Waals surface area contributed by atoms with E-state index in [1.54, 1.807) is 0 Å². The monoisotopic (exact) mass is 258 g/mol. The molecule has 0 aromatic rings. The van der Waals surface area contributed by atoms with Crippen LogP contribution in [0.25, 0.3) is 0 Å². The van der Waals surface area contributed by atoms with Gasteiger partial charge in [-0.05, 0) is 33.9 Å². The highest BCUT2D eigenvalue weighted by molar-refractivity contribution is 5.80. The largest absolute Gasteiger partial charge is 0.465 e. The highest BCUT2D eigenvalue weighted by atomic mass is 16.5. The first kappa shape index (κ1) is 17.4. The van der Waals surface area contributed by atoms with Crippen LogP contribution >= 0.6 is 0 Å². The number of hydrogen-bond donors (Lipinski definition) is 1. The fourth-order valence-corrected chi connectivity index (χ4v) is 2.22. The highest BCUT2D eigenvalue weighted by Crippen LogP contribution is 2.21. The second-order valence-electron chi connectivity index (χ2n) is 5.03. The van der Waals surface area contributed by atoms with Gasteiger partial charge in [-0.15, -0.1) is 0 Å². The number of carbonyl (C=O) groups is 1. The van der Waals surface area contributed by atoms with E-state index in [9.17, 15) is 4.79 Å². The summed E-state index contributed by atoms with van der Waals surface area (Å²) in [6.45, 7) is 8.26. The molecule has 0 amide bonds. The van der Waals surface area contributed by atoms with Gasteiger partial charge < -0.3 is 15.0 Å². The Morgan fingerprint density at radius 3 is 2.11 bits per heavy atom. The van der Waals surface area contributed by atoms with Crippen molar-refractivity contribution in [3.8, 4) is 0 Å². The van der Waals surface area contributed by atoms with Crippen LogP contribution in [0.3, 0.4) is 0 Å². The summed E-state index contributed by atoms with van der Waals surface area (Å²) in [6, 6.07) is 0. The van der Waals surface area contributed by atoms with E-state index in [-0.39, 0.29) is 5.97 Å². The molecule has 0 aromatic heterocycles. The van der Waals surface area contributed by atoms with E-state index in [0.717, 1.165) is 38.8 Å². The SMILES string of the molecule is CCCC(CCC)(NCCN(C)C)C(=O)OCC. The predicted octanol–water partition coefficient (Wildman–Crippen LogP) is 2.04. The van der Waals surface area contributed by atoms with E-state index in [1.165, 1.54) is 0 Å². The normalized spacial score (nSPS) is 11.9. The maximum atomic E-state index is 12.2. The van der Waals surface area contributed by atoms with Gasteiger partial charge >= 0.3 is 5.97 Å². The molecule has 1 N–H and O–H groups in total. The second-order valence-corrected chi connectivity index (χ2v) is 5.03. The Hall–Kier alpha value is -0.610. The molecule has 18 heavy (non-hydrogen) atoms. The van der Waals surface area contributed by atoms with Gasteiger partial charge in [-0.3, -0.25) is 4.79 Å². The van der Waals surface area contributed by atoms with Gasteiger partial charge in [0.2, 0.25) is 0 Å². The summed E-state index contributed by atoms with van der Waals surface area (Å²) >= 11 is 0. The smallest absolute Gasteiger partial charge is 0.326 e. The number of nitrogens with zero attached hydrogens (tertiary/aromatic N) is 1. The summed E-state index contributed by atoms with van der Waals surface area (Å²) < 4.78 is 5.25. The zero-order valence-corrected chi connectivity index (χ0v) is 12.7. The first-order valence-corrected chi connectivity index (χ1v) is 7.09. The number of hydrogen-bond acceptors (Lipinski definition) is 4. The third kappa shape index (κ3) is 5.83. The molecule has 4 nitrogen and oxygen atoms in total. The molecule has 0 fully saturated rings. The van der Waals surface area contributed by atoms with Crippen molar-refractivity contribution in [2.45, 2.75) is 52.0 Å². The summed E-state index contributed by atoms with van der Waals surface area (Å²) in [5.41, 5.74) is -0.491. The minimum Gasteiger partial charge on any atom is -0.465 e. The molecule has 0 aliphatic rings. The molecule has 0 bridgehead atoms. The molecule has 0 saturated carbocycles. The molecule has 0 heterocycles. The Morgan fingerprint density at radius 2 is 1.72 bits per heavy atom. The number of nitrogens with one attached hydrogen (secondary N) is 1. The van der Waals surface area contributed by atoms with Gasteiger partial charge in [-0.25, -0.2) is 0 Å². The predicted molar refractivity (Wildman–Crippen MR) is 75.7 cm³/mol. The molecular weight excluding hydrogens is 228 g/mol. The Morgan fingerprint density at radius 1 is 1.17 bits per heavy atom. The van der Waals surface area contributed by atoms with Crippen LogP contribution in [0, 0.1) is 0 Å². The standard InChI is InChI=1S/C14H30N2O2/c1-6-9-14(10-7-2,13(17)18-8-3)15-11-12-16(4)5/h15H,6-12H2,1-5H3. The Bertz CT molecular complexity index is 224. The lowest BCUT2D eigenvalue weighted by Gasteiger charge is -2.32. The quantitative estimate of drug-likeness (QED) is 0.609. The molecule has 0 atom stereocenters. The Labute approximate surface area is 112 Å². The first-order chi connectivity index (χ1) is 8.52. The minimum atomic E-state index is -0.491. The minimum absolute atomic E-state index is 0.0903. The zero-order chi connectivity index (χ0) is 14.0. The zero-order valence-electron chi connectivity index (χ0n) is 12.7. The van der Waals surface area contributed by atoms with Crippen LogP contribution in [-0.2, 0) is 9.53 Å². The molecule has 0 saturated heterocycles. The van der Waals surface area contributed by atoms with Crippen LogP contribution < -0.4 is 5.32 Å². The third-order valence-corrected chi connectivity index (χ3v) is 3.04. The first-order valence-electron chi connectivity index (χ1n) is 7.09. The summed E-state index contributed by atoms with van der Waals surface area (Å²) in [4.78, 5) is 14.3. The fraction of sp³-hybridized carbons (Fsp3) is 0.929. The highest BCUT2D eigenvalue weighted by Gasteiger charge is 2.37. The van der Waals surface area contributed by atoms with Crippen LogP contribution in [0.5, 0.6) is 0 Å². The molecule has 0 unspecified atom stereocenters. The van der Waals surface area contributed by atoms with Gasteiger partial charge in [0.05, 0.1) is 6.61 Å². The number of ether oxygens (including phenoxy) is 1. The van der Waals surface area contributed by atoms with E-state index >= 15 is 0 Å². The molecule has 0 spiro atoms. The molecule has 0 rings (SSSR count). The van der Waals surface area contributed by atoms with Crippen LogP contribution in [-0.4, -0.2) is 50.2 Å². The van der Waals surface area contributed by atoms with Gasteiger partial charge in [0, 0.05) is 13.1 Å². The third-order valence-electron chi connectivity index (χ3n) is 3.04. The molecule has 0 aliphatic heterocycles. The van der Waals surface area contributed by atoms with Crippen molar-refractivity contribution in [1.29, 1.82) is 0 Å². The molecule has 0 aromatic carbocycles. The lowest BCUT2D eigenvalue weighted by molar-refractivity contribution is -0.152. The molecule has 0 radical (unpaired) electrons. The maximum absolute atomic E-state index is 12.2. The van der Waals surface area contributed by atoms with Crippen molar-refractivity contribution in [2.75, 3.05) is 33.8 Å². The van der Waals surface area contributed by atoms with E-state index in [1.807, 2.05) is 21.0 Å². The summed E-state index contributed by atoms with van der Waals surface area (Å²) in [5.74, 6) is -0.0903. The molecular formula is C14H30N2O2. The van der Waals surface area contributed by atoms with Crippen LogP contribution in [0.15, 0.2) is 0 Å². The van der Waals surface area contributed by atoms with E-state index in [4.69, 9.17) is 4.74 Å². The van der Waals surface area contributed by atoms with Crippen LogP contribution in [0.1, 0.15) is 46.5 Å². The van der Waals surface area contributed by atoms with Crippen LogP contribution in [0.4, 0.5) is 0 Å².